The van der Waals surface area contributed by atoms with Crippen molar-refractivity contribution in [3.05, 3.63) is 0 Å². The molecule has 0 radical (unpaired) electrons. The maximum atomic E-state index is 11.7. The van der Waals surface area contributed by atoms with Crippen LogP contribution in [0.5, 0.6) is 0 Å². The first-order chi connectivity index (χ1) is 8.25. The minimum atomic E-state index is -1.26. The lowest BCUT2D eigenvalue weighted by Crippen LogP contribution is -2.49. The average molecular weight is 260 g/mol. The van der Waals surface area contributed by atoms with Gasteiger partial charge < -0.3 is 21.3 Å². The smallest absolute Gasteiger partial charge is 0.328 e. The maximum Gasteiger partial charge on any atom is 0.328 e. The fourth-order valence-corrected chi connectivity index (χ4v) is 1.56. The molecule has 0 aliphatic carbocycles. The van der Waals surface area contributed by atoms with Crippen LogP contribution in [0.25, 0.3) is 0 Å². The second kappa shape index (κ2) is 8.05. The van der Waals surface area contributed by atoms with Crippen LogP contribution in [-0.2, 0) is 9.59 Å². The van der Waals surface area contributed by atoms with Crippen LogP contribution in [0.3, 0.4) is 0 Å². The van der Waals surface area contributed by atoms with Crippen LogP contribution < -0.4 is 11.1 Å². The number of carboxylic acids is 1. The Bertz CT molecular complexity index is 279. The number of rotatable bonds is 8. The van der Waals surface area contributed by atoms with Crippen LogP contribution in [0.15, 0.2) is 0 Å². The van der Waals surface area contributed by atoms with Gasteiger partial charge in [-0.05, 0) is 26.7 Å². The largest absolute Gasteiger partial charge is 0.480 e. The van der Waals surface area contributed by atoms with E-state index in [0.29, 0.717) is 6.42 Å². The standard InChI is InChI=1S/C12H24N2O4/c1-7(5-4-6-8(2)13)11(16)14-10(9(3)15)12(17)18/h7-10,15H,4-6,13H2,1-3H3,(H,14,16)(H,17,18)/t7?,8?,9-,10+/m1/s1. The highest BCUT2D eigenvalue weighted by Crippen LogP contribution is 2.09. The number of carbonyl (C=O) groups is 2. The van der Waals surface area contributed by atoms with E-state index in [2.05, 4.69) is 5.32 Å². The number of carbonyl (C=O) groups excluding carboxylic acids is 1. The second-order valence-electron chi connectivity index (χ2n) is 4.87. The first-order valence-corrected chi connectivity index (χ1v) is 6.22. The molecule has 18 heavy (non-hydrogen) atoms. The molecule has 4 atom stereocenters. The summed E-state index contributed by atoms with van der Waals surface area (Å²) < 4.78 is 0. The summed E-state index contributed by atoms with van der Waals surface area (Å²) in [4.78, 5) is 22.5. The van der Waals surface area contributed by atoms with Crippen molar-refractivity contribution in [1.29, 1.82) is 0 Å². The van der Waals surface area contributed by atoms with E-state index < -0.39 is 18.1 Å². The van der Waals surface area contributed by atoms with Crippen molar-refractivity contribution < 1.29 is 19.8 Å². The first kappa shape index (κ1) is 16.9. The molecular weight excluding hydrogens is 236 g/mol. The van der Waals surface area contributed by atoms with Crippen LogP contribution in [-0.4, -0.2) is 40.3 Å². The zero-order chi connectivity index (χ0) is 14.3. The monoisotopic (exact) mass is 260 g/mol. The molecule has 5 N–H and O–H groups in total. The third-order valence-electron chi connectivity index (χ3n) is 2.79. The molecule has 6 nitrogen and oxygen atoms in total. The Morgan fingerprint density at radius 3 is 2.17 bits per heavy atom. The number of nitrogens with two attached hydrogens (primary N) is 1. The van der Waals surface area contributed by atoms with E-state index >= 15 is 0 Å². The fraction of sp³-hybridized carbons (Fsp3) is 0.833. The molecule has 1 amide bonds. The Labute approximate surface area is 108 Å². The third kappa shape index (κ3) is 6.56. The zero-order valence-electron chi connectivity index (χ0n) is 11.2. The summed E-state index contributed by atoms with van der Waals surface area (Å²) in [6.07, 6.45) is 1.18. The maximum absolute atomic E-state index is 11.7. The molecule has 0 saturated carbocycles. The molecule has 0 aromatic carbocycles. The molecule has 0 aliphatic heterocycles. The number of hydrogen-bond donors (Lipinski definition) is 4. The SMILES string of the molecule is CC(N)CCCC(C)C(=O)N[C@H](C(=O)O)[C@@H](C)O. The van der Waals surface area contributed by atoms with Gasteiger partial charge in [0.2, 0.25) is 5.91 Å². The number of carboxylic acid groups (broad SMARTS) is 1. The molecule has 0 bridgehead atoms. The summed E-state index contributed by atoms with van der Waals surface area (Å²) in [5, 5.41) is 20.4. The molecule has 0 saturated heterocycles. The number of aliphatic carboxylic acids is 1. The lowest BCUT2D eigenvalue weighted by atomic mass is 10.0. The van der Waals surface area contributed by atoms with Gasteiger partial charge in [-0.3, -0.25) is 4.79 Å². The van der Waals surface area contributed by atoms with E-state index in [0.717, 1.165) is 12.8 Å². The predicted octanol–water partition coefficient (Wildman–Crippen LogP) is 0.0902. The Kier molecular flexibility index (Phi) is 7.54. The number of aliphatic hydroxyl groups is 1. The van der Waals surface area contributed by atoms with Crippen LogP contribution in [0.1, 0.15) is 40.0 Å². The van der Waals surface area contributed by atoms with Crippen molar-refractivity contribution >= 4 is 11.9 Å². The molecule has 0 fully saturated rings. The quantitative estimate of drug-likeness (QED) is 0.494. The summed E-state index contributed by atoms with van der Waals surface area (Å²) >= 11 is 0. The molecule has 106 valence electrons. The number of aliphatic hydroxyl groups excluding tert-OH is 1. The van der Waals surface area contributed by atoms with Gasteiger partial charge in [0.1, 0.15) is 0 Å². The van der Waals surface area contributed by atoms with Crippen LogP contribution in [0.2, 0.25) is 0 Å². The van der Waals surface area contributed by atoms with Crippen molar-refractivity contribution in [1.82, 2.24) is 5.32 Å². The summed E-state index contributed by atoms with van der Waals surface area (Å²) in [5.41, 5.74) is 5.60. The van der Waals surface area contributed by atoms with E-state index in [4.69, 9.17) is 10.8 Å². The molecule has 0 aromatic heterocycles. The van der Waals surface area contributed by atoms with Gasteiger partial charge in [-0.1, -0.05) is 13.3 Å². The molecular formula is C12H24N2O4. The number of hydrogen-bond acceptors (Lipinski definition) is 4. The minimum absolute atomic E-state index is 0.101. The Balaban J connectivity index is 4.17. The van der Waals surface area contributed by atoms with Gasteiger partial charge in [-0.2, -0.15) is 0 Å². The Hall–Kier alpha value is -1.14. The van der Waals surface area contributed by atoms with E-state index in [1.165, 1.54) is 6.92 Å². The van der Waals surface area contributed by atoms with Gasteiger partial charge in [-0.15, -0.1) is 0 Å². The normalized spacial score (nSPS) is 17.6. The van der Waals surface area contributed by atoms with Crippen LogP contribution >= 0.6 is 0 Å². The van der Waals surface area contributed by atoms with Crippen molar-refractivity contribution in [3.63, 3.8) is 0 Å². The topological polar surface area (TPSA) is 113 Å². The molecule has 0 aromatic rings. The van der Waals surface area contributed by atoms with Gasteiger partial charge in [0.15, 0.2) is 6.04 Å². The van der Waals surface area contributed by atoms with Gasteiger partial charge in [0.05, 0.1) is 6.10 Å². The van der Waals surface area contributed by atoms with E-state index in [-0.39, 0.29) is 17.9 Å². The highest BCUT2D eigenvalue weighted by molar-refractivity contribution is 5.85. The lowest BCUT2D eigenvalue weighted by molar-refractivity contribution is -0.145. The summed E-state index contributed by atoms with van der Waals surface area (Å²) in [6.45, 7) is 4.97. The molecule has 0 spiro atoms. The summed E-state index contributed by atoms with van der Waals surface area (Å²) in [7, 11) is 0. The summed E-state index contributed by atoms with van der Waals surface area (Å²) in [5.74, 6) is -1.88. The fourth-order valence-electron chi connectivity index (χ4n) is 1.56. The van der Waals surface area contributed by atoms with Crippen LogP contribution in [0.4, 0.5) is 0 Å². The second-order valence-corrected chi connectivity index (χ2v) is 4.87. The number of nitrogens with one attached hydrogen (secondary N) is 1. The zero-order valence-corrected chi connectivity index (χ0v) is 11.2. The summed E-state index contributed by atoms with van der Waals surface area (Å²) in [6, 6.07) is -1.15. The molecule has 6 heteroatoms. The number of amides is 1. The average Bonchev–Trinajstić information content (AvgIpc) is 2.23. The van der Waals surface area contributed by atoms with E-state index in [1.807, 2.05) is 6.92 Å². The van der Waals surface area contributed by atoms with Crippen molar-refractivity contribution in [2.75, 3.05) is 0 Å². The highest BCUT2D eigenvalue weighted by atomic mass is 16.4. The van der Waals surface area contributed by atoms with Crippen molar-refractivity contribution in [2.45, 2.75) is 58.2 Å². The Morgan fingerprint density at radius 2 is 1.78 bits per heavy atom. The lowest BCUT2D eigenvalue weighted by Gasteiger charge is -2.20. The van der Waals surface area contributed by atoms with Crippen LogP contribution in [0, 0.1) is 5.92 Å². The molecule has 2 unspecified atom stereocenters. The minimum Gasteiger partial charge on any atom is -0.480 e. The molecule has 0 aliphatic rings. The van der Waals surface area contributed by atoms with Gasteiger partial charge in [0, 0.05) is 12.0 Å². The van der Waals surface area contributed by atoms with Crippen molar-refractivity contribution in [3.8, 4) is 0 Å². The molecule has 0 heterocycles. The van der Waals surface area contributed by atoms with E-state index in [1.54, 1.807) is 6.92 Å². The highest BCUT2D eigenvalue weighted by Gasteiger charge is 2.26. The predicted molar refractivity (Wildman–Crippen MR) is 67.9 cm³/mol. The van der Waals surface area contributed by atoms with E-state index in [9.17, 15) is 14.7 Å². The van der Waals surface area contributed by atoms with Crippen molar-refractivity contribution in [2.24, 2.45) is 11.7 Å². The molecule has 0 rings (SSSR count). The third-order valence-corrected chi connectivity index (χ3v) is 2.79. The van der Waals surface area contributed by atoms with Gasteiger partial charge in [-0.25, -0.2) is 4.79 Å². The Morgan fingerprint density at radius 1 is 1.22 bits per heavy atom. The van der Waals surface area contributed by atoms with Gasteiger partial charge in [0.25, 0.3) is 0 Å². The first-order valence-electron chi connectivity index (χ1n) is 6.22. The van der Waals surface area contributed by atoms with Gasteiger partial charge >= 0.3 is 5.97 Å².